The third-order valence-electron chi connectivity index (χ3n) is 5.37. The zero-order chi connectivity index (χ0) is 22.6. The van der Waals surface area contributed by atoms with E-state index in [0.717, 1.165) is 18.4 Å². The number of rotatable bonds is 9. The molecule has 1 aromatic carbocycles. The summed E-state index contributed by atoms with van der Waals surface area (Å²) in [5, 5.41) is 12.6. The Morgan fingerprint density at radius 1 is 1.22 bits per heavy atom. The Morgan fingerprint density at radius 2 is 2.03 bits per heavy atom. The maximum absolute atomic E-state index is 13.1. The summed E-state index contributed by atoms with van der Waals surface area (Å²) in [5.74, 6) is 0.216. The molecule has 4 rings (SSSR count). The van der Waals surface area contributed by atoms with Gasteiger partial charge >= 0.3 is 10.3 Å². The van der Waals surface area contributed by atoms with Crippen LogP contribution in [0.5, 0.6) is 0 Å². The van der Waals surface area contributed by atoms with Gasteiger partial charge in [0.2, 0.25) is 5.78 Å². The van der Waals surface area contributed by atoms with Gasteiger partial charge in [-0.3, -0.25) is 13.7 Å². The highest BCUT2D eigenvalue weighted by atomic mass is 32.2. The van der Waals surface area contributed by atoms with E-state index >= 15 is 0 Å². The minimum atomic E-state index is -3.95. The van der Waals surface area contributed by atoms with Gasteiger partial charge in [0.05, 0.1) is 18.7 Å². The minimum absolute atomic E-state index is 0.0289. The zero-order valence-corrected chi connectivity index (χ0v) is 18.1. The molecule has 3 aromatic rings. The summed E-state index contributed by atoms with van der Waals surface area (Å²) in [5.41, 5.74) is 1.73. The second kappa shape index (κ2) is 9.55. The first-order chi connectivity index (χ1) is 15.4. The van der Waals surface area contributed by atoms with E-state index in [1.807, 2.05) is 30.3 Å². The second-order valence-electron chi connectivity index (χ2n) is 7.80. The molecule has 0 radical (unpaired) electrons. The molecule has 168 valence electrons. The summed E-state index contributed by atoms with van der Waals surface area (Å²) in [6.07, 6.45) is 6.88. The number of hydrogen-bond donors (Lipinski definition) is 2. The highest BCUT2D eigenvalue weighted by Crippen LogP contribution is 2.29. The second-order valence-corrected chi connectivity index (χ2v) is 9.02. The summed E-state index contributed by atoms with van der Waals surface area (Å²) in [7, 11) is -3.95. The standard InChI is InChI=1S/C21H24N6O4S/c22-32(29,30)31-13-16-6-7-17(10-16)25-21-18(11-23-14-24-21)20(28)19-8-9-27(26-19)12-15-4-2-1-3-5-15/h1-5,8-9,11,14,16-17H,6-7,10,12-13H2,(H2,22,29,30)(H,23,24,25)/t16-,17-/m0/s1. The predicted molar refractivity (Wildman–Crippen MR) is 117 cm³/mol. The first-order valence-electron chi connectivity index (χ1n) is 10.2. The van der Waals surface area contributed by atoms with Crippen LogP contribution in [0.2, 0.25) is 0 Å². The Balaban J connectivity index is 1.42. The molecular formula is C21H24N6O4S. The average molecular weight is 457 g/mol. The predicted octanol–water partition coefficient (Wildman–Crippen LogP) is 1.75. The van der Waals surface area contributed by atoms with E-state index in [-0.39, 0.29) is 24.3 Å². The van der Waals surface area contributed by atoms with Gasteiger partial charge in [-0.15, -0.1) is 0 Å². The SMILES string of the molecule is NS(=O)(=O)OC[C@H]1CC[C@H](Nc2ncncc2C(=O)c2ccn(Cc3ccccc3)n2)C1. The van der Waals surface area contributed by atoms with E-state index < -0.39 is 10.3 Å². The van der Waals surface area contributed by atoms with Gasteiger partial charge < -0.3 is 5.32 Å². The molecule has 2 heterocycles. The normalized spacial score (nSPS) is 18.5. The number of aromatic nitrogens is 4. The number of nitrogens with two attached hydrogens (primary N) is 1. The van der Waals surface area contributed by atoms with Gasteiger partial charge in [0.25, 0.3) is 0 Å². The number of benzene rings is 1. The van der Waals surface area contributed by atoms with Gasteiger partial charge in [0.15, 0.2) is 0 Å². The van der Waals surface area contributed by atoms with Crippen LogP contribution in [-0.2, 0) is 21.0 Å². The van der Waals surface area contributed by atoms with Crippen molar-refractivity contribution in [2.75, 3.05) is 11.9 Å². The average Bonchev–Trinajstić information content (AvgIpc) is 3.42. The van der Waals surface area contributed by atoms with Gasteiger partial charge in [-0.2, -0.15) is 13.5 Å². The molecule has 0 aliphatic heterocycles. The Labute approximate surface area is 186 Å². The molecule has 0 bridgehead atoms. The Kier molecular flexibility index (Phi) is 6.58. The summed E-state index contributed by atoms with van der Waals surface area (Å²) in [6.45, 7) is 0.611. The van der Waals surface area contributed by atoms with E-state index in [0.29, 0.717) is 30.0 Å². The van der Waals surface area contributed by atoms with Crippen molar-refractivity contribution >= 4 is 21.9 Å². The molecule has 1 fully saturated rings. The van der Waals surface area contributed by atoms with Gasteiger partial charge in [0.1, 0.15) is 17.8 Å². The van der Waals surface area contributed by atoms with Crippen molar-refractivity contribution in [1.82, 2.24) is 19.7 Å². The molecule has 2 atom stereocenters. The third kappa shape index (κ3) is 5.75. The Hall–Kier alpha value is -3.15. The number of carbonyl (C=O) groups is 1. The van der Waals surface area contributed by atoms with Crippen molar-refractivity contribution in [3.63, 3.8) is 0 Å². The van der Waals surface area contributed by atoms with E-state index in [1.54, 1.807) is 16.9 Å². The molecule has 10 nitrogen and oxygen atoms in total. The molecule has 1 saturated carbocycles. The number of carbonyl (C=O) groups excluding carboxylic acids is 1. The number of nitrogens with one attached hydrogen (secondary N) is 1. The molecule has 0 spiro atoms. The van der Waals surface area contributed by atoms with Gasteiger partial charge in [-0.05, 0) is 36.8 Å². The van der Waals surface area contributed by atoms with Gasteiger partial charge in [0, 0.05) is 18.4 Å². The van der Waals surface area contributed by atoms with E-state index in [1.165, 1.54) is 12.5 Å². The summed E-state index contributed by atoms with van der Waals surface area (Å²) in [6, 6.07) is 11.6. The first kappa shape index (κ1) is 22.1. The molecule has 0 amide bonds. The minimum Gasteiger partial charge on any atom is -0.367 e. The van der Waals surface area contributed by atoms with Crippen molar-refractivity contribution in [2.45, 2.75) is 31.8 Å². The van der Waals surface area contributed by atoms with Crippen LogP contribution in [0.3, 0.4) is 0 Å². The van der Waals surface area contributed by atoms with Crippen LogP contribution in [0.1, 0.15) is 40.9 Å². The highest BCUT2D eigenvalue weighted by Gasteiger charge is 2.28. The lowest BCUT2D eigenvalue weighted by molar-refractivity contribution is 0.103. The number of anilines is 1. The van der Waals surface area contributed by atoms with Crippen LogP contribution in [0.15, 0.2) is 55.1 Å². The van der Waals surface area contributed by atoms with Crippen LogP contribution in [-0.4, -0.2) is 46.6 Å². The fourth-order valence-corrected chi connectivity index (χ4v) is 4.21. The highest BCUT2D eigenvalue weighted by molar-refractivity contribution is 7.84. The first-order valence-corrected chi connectivity index (χ1v) is 11.7. The molecule has 2 aromatic heterocycles. The summed E-state index contributed by atoms with van der Waals surface area (Å²) < 4.78 is 28.4. The lowest BCUT2D eigenvalue weighted by Crippen LogP contribution is -2.22. The molecule has 11 heteroatoms. The van der Waals surface area contributed by atoms with Crippen molar-refractivity contribution in [3.05, 3.63) is 71.9 Å². The Morgan fingerprint density at radius 3 is 2.81 bits per heavy atom. The lowest BCUT2D eigenvalue weighted by atomic mass is 10.1. The van der Waals surface area contributed by atoms with Gasteiger partial charge in [-0.25, -0.2) is 15.1 Å². The number of hydrogen-bond acceptors (Lipinski definition) is 8. The largest absolute Gasteiger partial charge is 0.367 e. The summed E-state index contributed by atoms with van der Waals surface area (Å²) in [4.78, 5) is 21.3. The number of nitrogens with zero attached hydrogens (tertiary/aromatic N) is 4. The smallest absolute Gasteiger partial charge is 0.333 e. The number of ketones is 1. The maximum atomic E-state index is 13.1. The molecular weight excluding hydrogens is 432 g/mol. The van der Waals surface area contributed by atoms with Crippen LogP contribution < -0.4 is 10.5 Å². The van der Waals surface area contributed by atoms with Gasteiger partial charge in [-0.1, -0.05) is 30.3 Å². The molecule has 1 aliphatic carbocycles. The van der Waals surface area contributed by atoms with Crippen molar-refractivity contribution in [2.24, 2.45) is 11.1 Å². The fraction of sp³-hybridized carbons (Fsp3) is 0.333. The van der Waals surface area contributed by atoms with Crippen molar-refractivity contribution in [3.8, 4) is 0 Å². The van der Waals surface area contributed by atoms with Crippen LogP contribution in [0, 0.1) is 5.92 Å². The van der Waals surface area contributed by atoms with E-state index in [9.17, 15) is 13.2 Å². The molecule has 0 unspecified atom stereocenters. The van der Waals surface area contributed by atoms with Crippen LogP contribution in [0.4, 0.5) is 5.82 Å². The molecule has 3 N–H and O–H groups in total. The lowest BCUT2D eigenvalue weighted by Gasteiger charge is -2.15. The van der Waals surface area contributed by atoms with Crippen molar-refractivity contribution < 1.29 is 17.4 Å². The van der Waals surface area contributed by atoms with Crippen molar-refractivity contribution in [1.29, 1.82) is 0 Å². The van der Waals surface area contributed by atoms with Crippen LogP contribution in [0.25, 0.3) is 0 Å². The Bertz CT molecular complexity index is 1180. The topological polar surface area (TPSA) is 142 Å². The molecule has 32 heavy (non-hydrogen) atoms. The van der Waals surface area contributed by atoms with E-state index in [4.69, 9.17) is 9.32 Å². The fourth-order valence-electron chi connectivity index (χ4n) is 3.83. The zero-order valence-electron chi connectivity index (χ0n) is 17.3. The maximum Gasteiger partial charge on any atom is 0.333 e. The summed E-state index contributed by atoms with van der Waals surface area (Å²) >= 11 is 0. The monoisotopic (exact) mass is 456 g/mol. The molecule has 0 saturated heterocycles. The third-order valence-corrected chi connectivity index (χ3v) is 5.83. The van der Waals surface area contributed by atoms with Crippen LogP contribution >= 0.6 is 0 Å². The quantitative estimate of drug-likeness (QED) is 0.464. The van der Waals surface area contributed by atoms with E-state index in [2.05, 4.69) is 20.4 Å². The molecule has 1 aliphatic rings.